The van der Waals surface area contributed by atoms with Crippen LogP contribution in [0.3, 0.4) is 0 Å². The molecule has 8 nitrogen and oxygen atoms in total. The SMILES string of the molecule is CNC(=O)NC1CCN(C(=NCC2CCS(=O)(=O)C2)NC2CCCC2)C1.I. The van der Waals surface area contributed by atoms with E-state index in [0.29, 0.717) is 24.8 Å². The molecule has 1 saturated carbocycles. The molecule has 156 valence electrons. The van der Waals surface area contributed by atoms with Crippen molar-refractivity contribution in [3.8, 4) is 0 Å². The smallest absolute Gasteiger partial charge is 0.314 e. The van der Waals surface area contributed by atoms with Crippen LogP contribution in [0.5, 0.6) is 0 Å². The second kappa shape index (κ2) is 10.1. The summed E-state index contributed by atoms with van der Waals surface area (Å²) in [7, 11) is -1.25. The number of nitrogens with zero attached hydrogens (tertiary/aromatic N) is 2. The average Bonchev–Trinajstić information content (AvgIpc) is 3.33. The number of hydrogen-bond acceptors (Lipinski definition) is 4. The van der Waals surface area contributed by atoms with E-state index in [1.807, 2.05) is 0 Å². The molecule has 27 heavy (non-hydrogen) atoms. The van der Waals surface area contributed by atoms with E-state index in [1.54, 1.807) is 7.05 Å². The van der Waals surface area contributed by atoms with E-state index in [9.17, 15) is 13.2 Å². The van der Waals surface area contributed by atoms with Crippen molar-refractivity contribution in [1.82, 2.24) is 20.9 Å². The summed E-state index contributed by atoms with van der Waals surface area (Å²) in [6.45, 7) is 2.13. The van der Waals surface area contributed by atoms with Crippen molar-refractivity contribution in [2.75, 3.05) is 38.2 Å². The fourth-order valence-corrected chi connectivity index (χ4v) is 5.90. The summed E-state index contributed by atoms with van der Waals surface area (Å²) in [4.78, 5) is 18.5. The van der Waals surface area contributed by atoms with Gasteiger partial charge in [0.15, 0.2) is 15.8 Å². The van der Waals surface area contributed by atoms with Crippen LogP contribution in [0.2, 0.25) is 0 Å². The largest absolute Gasteiger partial charge is 0.354 e. The van der Waals surface area contributed by atoms with Crippen LogP contribution in [0.1, 0.15) is 38.5 Å². The number of urea groups is 1. The Bertz CT molecular complexity index is 636. The molecule has 0 radical (unpaired) electrons. The Morgan fingerprint density at radius 2 is 1.85 bits per heavy atom. The minimum atomic E-state index is -2.87. The van der Waals surface area contributed by atoms with Gasteiger partial charge in [-0.05, 0) is 31.6 Å². The number of likely N-dealkylation sites (tertiary alicyclic amines) is 1. The summed E-state index contributed by atoms with van der Waals surface area (Å²) < 4.78 is 23.3. The van der Waals surface area contributed by atoms with Crippen LogP contribution in [0, 0.1) is 5.92 Å². The molecule has 2 unspecified atom stereocenters. The lowest BCUT2D eigenvalue weighted by atomic mass is 10.1. The van der Waals surface area contributed by atoms with Crippen molar-refractivity contribution in [2.24, 2.45) is 10.9 Å². The molecular weight excluding hydrogens is 481 g/mol. The molecule has 0 aromatic carbocycles. The highest BCUT2D eigenvalue weighted by Gasteiger charge is 2.30. The molecule has 3 rings (SSSR count). The number of aliphatic imine (C=N–C) groups is 1. The maximum absolute atomic E-state index is 11.7. The molecule has 2 aliphatic heterocycles. The van der Waals surface area contributed by atoms with E-state index >= 15 is 0 Å². The first-order chi connectivity index (χ1) is 12.4. The molecule has 3 fully saturated rings. The Balaban J connectivity index is 0.00000261. The number of halogens is 1. The quantitative estimate of drug-likeness (QED) is 0.295. The van der Waals surface area contributed by atoms with E-state index in [2.05, 4.69) is 20.9 Å². The number of hydrogen-bond donors (Lipinski definition) is 3. The summed E-state index contributed by atoms with van der Waals surface area (Å²) in [5, 5.41) is 9.14. The summed E-state index contributed by atoms with van der Waals surface area (Å²) in [6, 6.07) is 0.402. The number of amides is 2. The van der Waals surface area contributed by atoms with Gasteiger partial charge in [-0.2, -0.15) is 0 Å². The molecule has 0 aromatic heterocycles. The van der Waals surface area contributed by atoms with Crippen LogP contribution in [0.4, 0.5) is 4.79 Å². The molecule has 2 saturated heterocycles. The summed E-state index contributed by atoms with van der Waals surface area (Å²) >= 11 is 0. The summed E-state index contributed by atoms with van der Waals surface area (Å²) in [6.07, 6.45) is 6.40. The minimum Gasteiger partial charge on any atom is -0.354 e. The Hall–Kier alpha value is -0.780. The van der Waals surface area contributed by atoms with Crippen molar-refractivity contribution >= 4 is 45.8 Å². The Kier molecular flexibility index (Phi) is 8.44. The third kappa shape index (κ3) is 6.65. The highest BCUT2D eigenvalue weighted by atomic mass is 127. The predicted molar refractivity (Wildman–Crippen MR) is 117 cm³/mol. The lowest BCUT2D eigenvalue weighted by Crippen LogP contribution is -2.47. The number of carbonyl (C=O) groups is 1. The van der Waals surface area contributed by atoms with E-state index in [-0.39, 0.29) is 47.7 Å². The molecule has 2 amide bonds. The zero-order valence-electron chi connectivity index (χ0n) is 15.9. The van der Waals surface area contributed by atoms with Crippen molar-refractivity contribution in [2.45, 2.75) is 50.6 Å². The third-order valence-corrected chi connectivity index (χ3v) is 7.40. The van der Waals surface area contributed by atoms with Crippen LogP contribution in [-0.4, -0.2) is 75.6 Å². The first kappa shape index (κ1) is 22.5. The number of sulfone groups is 1. The fraction of sp³-hybridized carbons (Fsp3) is 0.882. The second-order valence-electron chi connectivity index (χ2n) is 7.71. The van der Waals surface area contributed by atoms with Crippen molar-refractivity contribution in [3.63, 3.8) is 0 Å². The van der Waals surface area contributed by atoms with Gasteiger partial charge in [0.1, 0.15) is 0 Å². The van der Waals surface area contributed by atoms with E-state index < -0.39 is 9.84 Å². The lowest BCUT2D eigenvalue weighted by molar-refractivity contribution is 0.239. The lowest BCUT2D eigenvalue weighted by Gasteiger charge is -2.25. The number of guanidine groups is 1. The highest BCUT2D eigenvalue weighted by Crippen LogP contribution is 2.21. The van der Waals surface area contributed by atoms with E-state index in [4.69, 9.17) is 4.99 Å². The maximum Gasteiger partial charge on any atom is 0.314 e. The molecule has 0 aromatic rings. The predicted octanol–water partition coefficient (Wildman–Crippen LogP) is 0.931. The molecule has 3 aliphatic rings. The van der Waals surface area contributed by atoms with Crippen LogP contribution in [0.25, 0.3) is 0 Å². The van der Waals surface area contributed by atoms with Gasteiger partial charge in [-0.15, -0.1) is 24.0 Å². The first-order valence-corrected chi connectivity index (χ1v) is 11.5. The summed E-state index contributed by atoms with van der Waals surface area (Å²) in [5.41, 5.74) is 0. The number of carbonyl (C=O) groups excluding carboxylic acids is 1. The van der Waals surface area contributed by atoms with Crippen LogP contribution in [-0.2, 0) is 9.84 Å². The Morgan fingerprint density at radius 3 is 2.48 bits per heavy atom. The van der Waals surface area contributed by atoms with E-state index in [1.165, 1.54) is 12.8 Å². The van der Waals surface area contributed by atoms with Crippen LogP contribution >= 0.6 is 24.0 Å². The van der Waals surface area contributed by atoms with Crippen molar-refractivity contribution in [3.05, 3.63) is 0 Å². The molecule has 1 aliphatic carbocycles. The van der Waals surface area contributed by atoms with Gasteiger partial charge in [0.2, 0.25) is 0 Å². The average molecular weight is 513 g/mol. The van der Waals surface area contributed by atoms with Gasteiger partial charge in [0.05, 0.1) is 11.5 Å². The fourth-order valence-electron chi connectivity index (χ4n) is 4.05. The molecule has 3 N–H and O–H groups in total. The molecule has 0 bridgehead atoms. The highest BCUT2D eigenvalue weighted by molar-refractivity contribution is 14.0. The second-order valence-corrected chi connectivity index (χ2v) is 9.94. The zero-order valence-corrected chi connectivity index (χ0v) is 19.1. The third-order valence-electron chi connectivity index (χ3n) is 5.56. The normalized spacial score (nSPS) is 28.0. The number of rotatable bonds is 4. The Labute approximate surface area is 179 Å². The van der Waals surface area contributed by atoms with Gasteiger partial charge in [0, 0.05) is 38.8 Å². The van der Waals surface area contributed by atoms with Gasteiger partial charge in [0.25, 0.3) is 0 Å². The van der Waals surface area contributed by atoms with Gasteiger partial charge in [-0.3, -0.25) is 4.99 Å². The topological polar surface area (TPSA) is 103 Å². The Morgan fingerprint density at radius 1 is 1.11 bits per heavy atom. The van der Waals surface area contributed by atoms with Crippen LogP contribution in [0.15, 0.2) is 4.99 Å². The van der Waals surface area contributed by atoms with Gasteiger partial charge in [-0.25, -0.2) is 13.2 Å². The molecule has 2 heterocycles. The van der Waals surface area contributed by atoms with Gasteiger partial charge in [-0.1, -0.05) is 12.8 Å². The minimum absolute atomic E-state index is 0. The van der Waals surface area contributed by atoms with Gasteiger partial charge < -0.3 is 20.9 Å². The van der Waals surface area contributed by atoms with Crippen molar-refractivity contribution < 1.29 is 13.2 Å². The maximum atomic E-state index is 11.7. The van der Waals surface area contributed by atoms with Crippen LogP contribution < -0.4 is 16.0 Å². The molecule has 2 atom stereocenters. The zero-order chi connectivity index (χ0) is 18.6. The molecule has 0 spiro atoms. The van der Waals surface area contributed by atoms with Gasteiger partial charge >= 0.3 is 6.03 Å². The molecule has 10 heteroatoms. The summed E-state index contributed by atoms with van der Waals surface area (Å²) in [5.74, 6) is 1.55. The van der Waals surface area contributed by atoms with E-state index in [0.717, 1.165) is 38.3 Å². The van der Waals surface area contributed by atoms with Crippen molar-refractivity contribution in [1.29, 1.82) is 0 Å². The first-order valence-electron chi connectivity index (χ1n) is 9.70. The number of nitrogens with one attached hydrogen (secondary N) is 3. The molecular formula is C17H32IN5O3S. The standard InChI is InChI=1S/C17H31N5O3S.HI/c1-18-17(23)21-15-6-8-22(11-15)16(20-14-4-2-3-5-14)19-10-13-7-9-26(24,25)12-13;/h13-15H,2-12H2,1H3,(H,19,20)(H2,18,21,23);1H. The monoisotopic (exact) mass is 513 g/mol.